The molecule has 0 spiro atoms. The molecule has 1 unspecified atom stereocenters. The summed E-state index contributed by atoms with van der Waals surface area (Å²) in [4.78, 5) is 28.3. The molecular weight excluding hydrogens is 302 g/mol. The summed E-state index contributed by atoms with van der Waals surface area (Å²) in [5.41, 5.74) is 0.995. The minimum atomic E-state index is -0.308. The molecule has 0 aromatic heterocycles. The van der Waals surface area contributed by atoms with Crippen molar-refractivity contribution in [3.8, 4) is 0 Å². The molecule has 0 bridgehead atoms. The second kappa shape index (κ2) is 9.42. The zero-order valence-electron chi connectivity index (χ0n) is 14.9. The molecule has 1 aromatic carbocycles. The van der Waals surface area contributed by atoms with Crippen molar-refractivity contribution in [2.45, 2.75) is 39.2 Å². The van der Waals surface area contributed by atoms with Gasteiger partial charge < -0.3 is 15.1 Å². The Hall–Kier alpha value is -1.88. The maximum absolute atomic E-state index is 13.2. The smallest absolute Gasteiger partial charge is 0.285 e. The number of nitrogens with zero attached hydrogens (tertiary/aromatic N) is 1. The van der Waals surface area contributed by atoms with Crippen LogP contribution in [-0.2, 0) is 9.59 Å². The van der Waals surface area contributed by atoms with E-state index >= 15 is 0 Å². The van der Waals surface area contributed by atoms with Crippen molar-refractivity contribution in [3.63, 3.8) is 0 Å². The highest BCUT2D eigenvalue weighted by molar-refractivity contribution is 5.83. The molecule has 2 N–H and O–H groups in total. The predicted octanol–water partition coefficient (Wildman–Crippen LogP) is 0.781. The lowest BCUT2D eigenvalue weighted by molar-refractivity contribution is -0.912. The molecule has 0 radical (unpaired) electrons. The number of carbonyl (C=O) groups excluding carboxylic acids is 2. The summed E-state index contributed by atoms with van der Waals surface area (Å²) in [6.45, 7) is 7.29. The van der Waals surface area contributed by atoms with E-state index in [1.165, 1.54) is 6.42 Å². The number of benzene rings is 1. The molecule has 132 valence electrons. The van der Waals surface area contributed by atoms with Gasteiger partial charge in [-0.3, -0.25) is 9.59 Å². The largest absolute Gasteiger partial charge is 0.351 e. The molecule has 24 heavy (non-hydrogen) atoms. The Kier molecular flexibility index (Phi) is 7.25. The van der Waals surface area contributed by atoms with Crippen LogP contribution in [0, 0.1) is 0 Å². The van der Waals surface area contributed by atoms with Gasteiger partial charge in [-0.15, -0.1) is 0 Å². The van der Waals surface area contributed by atoms with E-state index < -0.39 is 0 Å². The summed E-state index contributed by atoms with van der Waals surface area (Å²) in [7, 11) is 0. The zero-order valence-corrected chi connectivity index (χ0v) is 14.9. The van der Waals surface area contributed by atoms with Crippen molar-refractivity contribution in [2.24, 2.45) is 0 Å². The maximum atomic E-state index is 13.2. The highest BCUT2D eigenvalue weighted by atomic mass is 16.2. The van der Waals surface area contributed by atoms with Crippen molar-refractivity contribution in [3.05, 3.63) is 35.9 Å². The fourth-order valence-electron chi connectivity index (χ4n) is 3.39. The predicted molar refractivity (Wildman–Crippen MR) is 94.7 cm³/mol. The summed E-state index contributed by atoms with van der Waals surface area (Å²) < 4.78 is 0. The first kappa shape index (κ1) is 18.5. The lowest BCUT2D eigenvalue weighted by Gasteiger charge is -2.33. The number of quaternary nitrogens is 1. The Bertz CT molecular complexity index is 527. The van der Waals surface area contributed by atoms with Crippen LogP contribution >= 0.6 is 0 Å². The number of likely N-dealkylation sites (N-methyl/N-ethyl adjacent to an activating group) is 2. The van der Waals surface area contributed by atoms with Gasteiger partial charge in [0.25, 0.3) is 11.8 Å². The van der Waals surface area contributed by atoms with Crippen molar-refractivity contribution in [1.29, 1.82) is 0 Å². The molecule has 1 fully saturated rings. The minimum Gasteiger partial charge on any atom is -0.351 e. The average molecular weight is 332 g/mol. The minimum absolute atomic E-state index is 0.00160. The van der Waals surface area contributed by atoms with E-state index in [1.54, 1.807) is 0 Å². The Morgan fingerprint density at radius 1 is 1.12 bits per heavy atom. The third-order valence-electron chi connectivity index (χ3n) is 4.67. The summed E-state index contributed by atoms with van der Waals surface area (Å²) in [6, 6.07) is 9.58. The molecule has 1 heterocycles. The number of hydrogen-bond donors (Lipinski definition) is 2. The van der Waals surface area contributed by atoms with Crippen LogP contribution in [0.3, 0.4) is 0 Å². The second-order valence-electron chi connectivity index (χ2n) is 6.37. The van der Waals surface area contributed by atoms with E-state index in [9.17, 15) is 9.59 Å². The fourth-order valence-corrected chi connectivity index (χ4v) is 3.39. The lowest BCUT2D eigenvalue weighted by Crippen LogP contribution is -3.14. The first-order valence-corrected chi connectivity index (χ1v) is 9.12. The summed E-state index contributed by atoms with van der Waals surface area (Å²) in [5, 5.41) is 2.85. The average Bonchev–Trinajstić information content (AvgIpc) is 2.63. The van der Waals surface area contributed by atoms with Crippen LogP contribution in [0.4, 0.5) is 0 Å². The normalized spacial score (nSPS) is 17.2. The van der Waals surface area contributed by atoms with Gasteiger partial charge >= 0.3 is 0 Å². The van der Waals surface area contributed by atoms with E-state index in [-0.39, 0.29) is 17.9 Å². The third kappa shape index (κ3) is 4.81. The van der Waals surface area contributed by atoms with Crippen molar-refractivity contribution < 1.29 is 14.5 Å². The monoisotopic (exact) mass is 332 g/mol. The molecule has 5 nitrogen and oxygen atoms in total. The Labute approximate surface area is 145 Å². The highest BCUT2D eigenvalue weighted by Crippen LogP contribution is 2.17. The van der Waals surface area contributed by atoms with Crippen LogP contribution in [0.5, 0.6) is 0 Å². The van der Waals surface area contributed by atoms with E-state index in [0.717, 1.165) is 42.9 Å². The molecule has 1 aromatic rings. The third-order valence-corrected chi connectivity index (χ3v) is 4.67. The van der Waals surface area contributed by atoms with Gasteiger partial charge in [0.05, 0.1) is 6.54 Å². The van der Waals surface area contributed by atoms with Gasteiger partial charge in [-0.2, -0.15) is 0 Å². The fraction of sp³-hybridized carbons (Fsp3) is 0.579. The lowest BCUT2D eigenvalue weighted by atomic mass is 10.0. The number of rotatable bonds is 7. The summed E-state index contributed by atoms with van der Waals surface area (Å²) in [6.07, 6.45) is 3.35. The zero-order chi connectivity index (χ0) is 17.4. The van der Waals surface area contributed by atoms with E-state index in [1.807, 2.05) is 49.1 Å². The van der Waals surface area contributed by atoms with Gasteiger partial charge in [-0.1, -0.05) is 30.3 Å². The van der Waals surface area contributed by atoms with Crippen LogP contribution in [0.25, 0.3) is 0 Å². The van der Waals surface area contributed by atoms with Crippen LogP contribution in [0.15, 0.2) is 30.3 Å². The molecule has 2 amide bonds. The molecule has 0 saturated carbocycles. The number of carbonyl (C=O) groups is 2. The Morgan fingerprint density at radius 2 is 1.79 bits per heavy atom. The number of amides is 2. The number of piperidine rings is 1. The van der Waals surface area contributed by atoms with Crippen molar-refractivity contribution in [1.82, 2.24) is 10.2 Å². The summed E-state index contributed by atoms with van der Waals surface area (Å²) >= 11 is 0. The van der Waals surface area contributed by atoms with Crippen LogP contribution in [-0.4, -0.2) is 49.4 Å². The molecule has 2 atom stereocenters. The van der Waals surface area contributed by atoms with Gasteiger partial charge in [0, 0.05) is 25.2 Å². The van der Waals surface area contributed by atoms with Gasteiger partial charge in [0.2, 0.25) is 0 Å². The maximum Gasteiger partial charge on any atom is 0.285 e. The van der Waals surface area contributed by atoms with Crippen LogP contribution in [0.1, 0.15) is 44.7 Å². The highest BCUT2D eigenvalue weighted by Gasteiger charge is 2.35. The quantitative estimate of drug-likeness (QED) is 0.775. The molecule has 1 aliphatic heterocycles. The summed E-state index contributed by atoms with van der Waals surface area (Å²) in [5.74, 6) is 0.156. The van der Waals surface area contributed by atoms with Gasteiger partial charge in [-0.05, 0) is 33.1 Å². The van der Waals surface area contributed by atoms with Gasteiger partial charge in [0.1, 0.15) is 0 Å². The standard InChI is InChI=1S/C19H29N3O2/c1-3-20-17(23)15-21(4-2)18(16-11-7-5-8-12-16)19(24)22-13-9-6-10-14-22/h5,7-8,11-12,18H,3-4,6,9-10,13-15H2,1-2H3,(H,20,23)/p+1/t18-/m1/s1. The van der Waals surface area contributed by atoms with Gasteiger partial charge in [-0.25, -0.2) is 0 Å². The van der Waals surface area contributed by atoms with Crippen molar-refractivity contribution >= 4 is 11.8 Å². The molecule has 1 saturated heterocycles. The van der Waals surface area contributed by atoms with E-state index in [4.69, 9.17) is 0 Å². The Morgan fingerprint density at radius 3 is 2.38 bits per heavy atom. The topological polar surface area (TPSA) is 53.9 Å². The van der Waals surface area contributed by atoms with Gasteiger partial charge in [0.15, 0.2) is 12.6 Å². The van der Waals surface area contributed by atoms with Crippen LogP contribution < -0.4 is 10.2 Å². The molecule has 0 aliphatic carbocycles. The number of hydrogen-bond acceptors (Lipinski definition) is 2. The second-order valence-corrected chi connectivity index (χ2v) is 6.37. The van der Waals surface area contributed by atoms with Crippen LogP contribution in [0.2, 0.25) is 0 Å². The molecule has 2 rings (SSSR count). The SMILES string of the molecule is CCNC(=O)C[NH+](CC)[C@@H](C(=O)N1CCCCC1)c1ccccc1. The molecule has 1 aliphatic rings. The number of likely N-dealkylation sites (tertiary alicyclic amines) is 1. The van der Waals surface area contributed by atoms with E-state index in [0.29, 0.717) is 13.1 Å². The molecule has 5 heteroatoms. The van der Waals surface area contributed by atoms with E-state index in [2.05, 4.69) is 5.32 Å². The Balaban J connectivity index is 2.23. The number of nitrogens with one attached hydrogen (secondary N) is 2. The van der Waals surface area contributed by atoms with Crippen molar-refractivity contribution in [2.75, 3.05) is 32.7 Å². The molecular formula is C19H30N3O2+. The first-order valence-electron chi connectivity index (χ1n) is 9.12. The first-order chi connectivity index (χ1) is 11.7.